The number of aliphatic hydroxyl groups is 1. The quantitative estimate of drug-likeness (QED) is 0.572. The van der Waals surface area contributed by atoms with Crippen molar-refractivity contribution in [2.75, 3.05) is 6.61 Å². The molecule has 0 fully saturated rings. The fourth-order valence-corrected chi connectivity index (χ4v) is 1.49. The highest BCUT2D eigenvalue weighted by molar-refractivity contribution is 4.69. The molecule has 1 unspecified atom stereocenters. The van der Waals surface area contributed by atoms with Crippen molar-refractivity contribution >= 4 is 0 Å². The Bertz CT molecular complexity index is 102. The Morgan fingerprint density at radius 2 is 1.92 bits per heavy atom. The molecule has 0 bridgehead atoms. The molecule has 0 aliphatic heterocycles. The molecule has 80 valence electrons. The highest BCUT2D eigenvalue weighted by Crippen LogP contribution is 2.04. The van der Waals surface area contributed by atoms with E-state index in [0.717, 1.165) is 6.42 Å². The second-order valence-corrected chi connectivity index (χ2v) is 3.85. The third-order valence-electron chi connectivity index (χ3n) is 2.47. The molecule has 2 heteroatoms. The average Bonchev–Trinajstić information content (AvgIpc) is 2.14. The smallest absolute Gasteiger partial charge is 0.0584 e. The van der Waals surface area contributed by atoms with E-state index < -0.39 is 0 Å². The first-order chi connectivity index (χ1) is 6.24. The number of unbranched alkanes of at least 4 members (excludes halogenated alkanes) is 2. The molecule has 0 aliphatic carbocycles. The van der Waals surface area contributed by atoms with Gasteiger partial charge in [0.25, 0.3) is 0 Å². The van der Waals surface area contributed by atoms with Crippen LogP contribution in [0.5, 0.6) is 0 Å². The molecule has 0 saturated heterocycles. The van der Waals surface area contributed by atoms with E-state index in [4.69, 9.17) is 5.11 Å². The van der Waals surface area contributed by atoms with Crippen LogP contribution in [0.3, 0.4) is 0 Å². The summed E-state index contributed by atoms with van der Waals surface area (Å²) < 4.78 is 0. The van der Waals surface area contributed by atoms with E-state index in [9.17, 15) is 0 Å². The van der Waals surface area contributed by atoms with E-state index in [1.165, 1.54) is 25.7 Å². The summed E-state index contributed by atoms with van der Waals surface area (Å²) in [4.78, 5) is 0. The van der Waals surface area contributed by atoms with Crippen LogP contribution in [0.25, 0.3) is 0 Å². The fourth-order valence-electron chi connectivity index (χ4n) is 1.49. The molecule has 0 aromatic rings. The molecule has 0 rings (SSSR count). The van der Waals surface area contributed by atoms with Gasteiger partial charge in [-0.15, -0.1) is 0 Å². The first-order valence-corrected chi connectivity index (χ1v) is 5.61. The molecule has 13 heavy (non-hydrogen) atoms. The lowest BCUT2D eigenvalue weighted by molar-refractivity contribution is 0.227. The first-order valence-electron chi connectivity index (χ1n) is 5.61. The van der Waals surface area contributed by atoms with Crippen molar-refractivity contribution in [2.45, 2.75) is 65.0 Å². The number of nitrogens with one attached hydrogen (secondary N) is 1. The van der Waals surface area contributed by atoms with Crippen LogP contribution in [0.1, 0.15) is 52.9 Å². The third-order valence-corrected chi connectivity index (χ3v) is 2.47. The zero-order chi connectivity index (χ0) is 10.1. The highest BCUT2D eigenvalue weighted by Gasteiger charge is 2.07. The van der Waals surface area contributed by atoms with Gasteiger partial charge in [-0.1, -0.05) is 33.1 Å². The normalized spacial score (nSPS) is 15.7. The van der Waals surface area contributed by atoms with Gasteiger partial charge in [-0.2, -0.15) is 0 Å². The largest absolute Gasteiger partial charge is 0.395 e. The first kappa shape index (κ1) is 12.9. The van der Waals surface area contributed by atoms with Crippen molar-refractivity contribution in [3.8, 4) is 0 Å². The molecule has 0 heterocycles. The molecule has 0 amide bonds. The lowest BCUT2D eigenvalue weighted by atomic mass is 10.1. The third kappa shape index (κ3) is 7.03. The fraction of sp³-hybridized carbons (Fsp3) is 1.00. The molecule has 2 N–H and O–H groups in total. The molecule has 2 atom stereocenters. The summed E-state index contributed by atoms with van der Waals surface area (Å²) in [5.41, 5.74) is 0. The minimum atomic E-state index is 0.259. The Labute approximate surface area is 82.7 Å². The minimum absolute atomic E-state index is 0.259. The van der Waals surface area contributed by atoms with Gasteiger partial charge < -0.3 is 10.4 Å². The summed E-state index contributed by atoms with van der Waals surface area (Å²) in [5.74, 6) is 0. The average molecular weight is 187 g/mol. The van der Waals surface area contributed by atoms with E-state index in [1.54, 1.807) is 0 Å². The van der Waals surface area contributed by atoms with Crippen LogP contribution in [0.15, 0.2) is 0 Å². The number of hydrogen-bond acceptors (Lipinski definition) is 2. The van der Waals surface area contributed by atoms with Crippen LogP contribution in [0.4, 0.5) is 0 Å². The molecule has 0 aromatic heterocycles. The number of hydrogen-bond donors (Lipinski definition) is 2. The van der Waals surface area contributed by atoms with Crippen molar-refractivity contribution in [3.63, 3.8) is 0 Å². The topological polar surface area (TPSA) is 32.3 Å². The Morgan fingerprint density at radius 1 is 1.23 bits per heavy atom. The SMILES string of the molecule is CCCCCC(C)N[C@H](CC)CO. The molecular weight excluding hydrogens is 162 g/mol. The van der Waals surface area contributed by atoms with Crippen molar-refractivity contribution in [3.05, 3.63) is 0 Å². The standard InChI is InChI=1S/C11H25NO/c1-4-6-7-8-10(3)12-11(5-2)9-13/h10-13H,4-9H2,1-3H3/t10?,11-/m1/s1. The second-order valence-electron chi connectivity index (χ2n) is 3.85. The van der Waals surface area contributed by atoms with Gasteiger partial charge in [0.15, 0.2) is 0 Å². The minimum Gasteiger partial charge on any atom is -0.395 e. The van der Waals surface area contributed by atoms with Gasteiger partial charge in [0.1, 0.15) is 0 Å². The van der Waals surface area contributed by atoms with Gasteiger partial charge in [-0.3, -0.25) is 0 Å². The van der Waals surface area contributed by atoms with Gasteiger partial charge in [0.05, 0.1) is 6.61 Å². The lowest BCUT2D eigenvalue weighted by Crippen LogP contribution is -2.38. The van der Waals surface area contributed by atoms with Gasteiger partial charge in [-0.25, -0.2) is 0 Å². The zero-order valence-corrected chi connectivity index (χ0v) is 9.34. The van der Waals surface area contributed by atoms with Crippen LogP contribution in [-0.2, 0) is 0 Å². The maximum atomic E-state index is 8.98. The summed E-state index contributed by atoms with van der Waals surface area (Å²) >= 11 is 0. The van der Waals surface area contributed by atoms with Crippen LogP contribution in [0, 0.1) is 0 Å². The van der Waals surface area contributed by atoms with E-state index in [0.29, 0.717) is 6.04 Å². The van der Waals surface area contributed by atoms with Crippen molar-refractivity contribution in [2.24, 2.45) is 0 Å². The highest BCUT2D eigenvalue weighted by atomic mass is 16.3. The second kappa shape index (κ2) is 8.52. The predicted molar refractivity (Wildman–Crippen MR) is 57.9 cm³/mol. The molecule has 0 aromatic carbocycles. The van der Waals surface area contributed by atoms with Crippen LogP contribution >= 0.6 is 0 Å². The summed E-state index contributed by atoms with van der Waals surface area (Å²) in [5, 5.41) is 12.4. The van der Waals surface area contributed by atoms with E-state index in [-0.39, 0.29) is 12.6 Å². The van der Waals surface area contributed by atoms with Gasteiger partial charge in [-0.05, 0) is 19.8 Å². The summed E-state index contributed by atoms with van der Waals surface area (Å²) in [6.45, 7) is 6.79. The summed E-state index contributed by atoms with van der Waals surface area (Å²) in [7, 11) is 0. The zero-order valence-electron chi connectivity index (χ0n) is 9.34. The van der Waals surface area contributed by atoms with E-state index in [2.05, 4.69) is 26.1 Å². The van der Waals surface area contributed by atoms with Gasteiger partial charge >= 0.3 is 0 Å². The Hall–Kier alpha value is -0.0800. The van der Waals surface area contributed by atoms with Crippen molar-refractivity contribution in [1.82, 2.24) is 5.32 Å². The monoisotopic (exact) mass is 187 g/mol. The van der Waals surface area contributed by atoms with Crippen LogP contribution in [0.2, 0.25) is 0 Å². The number of rotatable bonds is 8. The van der Waals surface area contributed by atoms with Crippen molar-refractivity contribution < 1.29 is 5.11 Å². The molecular formula is C11H25NO. The predicted octanol–water partition coefficient (Wildman–Crippen LogP) is 2.32. The Kier molecular flexibility index (Phi) is 8.46. The lowest BCUT2D eigenvalue weighted by Gasteiger charge is -2.20. The molecule has 0 saturated carbocycles. The van der Waals surface area contributed by atoms with Gasteiger partial charge in [0.2, 0.25) is 0 Å². The Balaban J connectivity index is 3.42. The summed E-state index contributed by atoms with van der Waals surface area (Å²) in [6.07, 6.45) is 6.14. The molecule has 0 aliphatic rings. The molecule has 2 nitrogen and oxygen atoms in total. The van der Waals surface area contributed by atoms with Crippen molar-refractivity contribution in [1.29, 1.82) is 0 Å². The maximum Gasteiger partial charge on any atom is 0.0584 e. The van der Waals surface area contributed by atoms with E-state index in [1.807, 2.05) is 0 Å². The number of aliphatic hydroxyl groups excluding tert-OH is 1. The van der Waals surface area contributed by atoms with Gasteiger partial charge in [0, 0.05) is 12.1 Å². The molecule has 0 radical (unpaired) electrons. The van der Waals surface area contributed by atoms with Crippen LogP contribution in [-0.4, -0.2) is 23.8 Å². The maximum absolute atomic E-state index is 8.98. The van der Waals surface area contributed by atoms with E-state index >= 15 is 0 Å². The van der Waals surface area contributed by atoms with Crippen LogP contribution < -0.4 is 5.32 Å². The summed E-state index contributed by atoms with van der Waals surface area (Å²) in [6, 6.07) is 0.834. The Morgan fingerprint density at radius 3 is 2.38 bits per heavy atom. The molecule has 0 spiro atoms.